The van der Waals surface area contributed by atoms with Gasteiger partial charge < -0.3 is 5.11 Å². The number of benzene rings is 1. The molecule has 1 rings (SSSR count). The first-order valence-electron chi connectivity index (χ1n) is 5.65. The Morgan fingerprint density at radius 3 is 2.41 bits per heavy atom. The molecular formula is C13H18O3S. The van der Waals surface area contributed by atoms with Crippen molar-refractivity contribution in [3.8, 4) is 0 Å². The molecule has 1 aromatic rings. The van der Waals surface area contributed by atoms with Crippen LogP contribution in [0.25, 0.3) is 0 Å². The van der Waals surface area contributed by atoms with Gasteiger partial charge in [-0.05, 0) is 30.0 Å². The van der Waals surface area contributed by atoms with E-state index in [9.17, 15) is 9.00 Å². The summed E-state index contributed by atoms with van der Waals surface area (Å²) < 4.78 is 12.1. The topological polar surface area (TPSA) is 54.4 Å². The molecule has 17 heavy (non-hydrogen) atoms. The van der Waals surface area contributed by atoms with E-state index in [0.29, 0.717) is 16.2 Å². The predicted molar refractivity (Wildman–Crippen MR) is 69.2 cm³/mol. The summed E-state index contributed by atoms with van der Waals surface area (Å²) in [6, 6.07) is 3.38. The number of carboxylic acids is 1. The minimum Gasteiger partial charge on any atom is -0.478 e. The molecular weight excluding hydrogens is 236 g/mol. The summed E-state index contributed by atoms with van der Waals surface area (Å²) in [6.07, 6.45) is 0. The molecule has 0 amide bonds. The van der Waals surface area contributed by atoms with Crippen LogP contribution in [-0.4, -0.2) is 21.0 Å². The maximum absolute atomic E-state index is 12.1. The van der Waals surface area contributed by atoms with Gasteiger partial charge in [-0.3, -0.25) is 4.21 Å². The Balaban J connectivity index is 3.53. The molecule has 1 atom stereocenters. The molecule has 0 aliphatic carbocycles. The van der Waals surface area contributed by atoms with Gasteiger partial charge in [-0.2, -0.15) is 0 Å². The second kappa shape index (κ2) is 5.45. The monoisotopic (exact) mass is 254 g/mol. The normalized spacial score (nSPS) is 12.8. The minimum absolute atomic E-state index is 0.238. The summed E-state index contributed by atoms with van der Waals surface area (Å²) in [7, 11) is -1.12. The van der Waals surface area contributed by atoms with Crippen LogP contribution >= 0.6 is 0 Å². The number of hydrogen-bond donors (Lipinski definition) is 1. The summed E-state index contributed by atoms with van der Waals surface area (Å²) >= 11 is 0. The molecule has 0 heterocycles. The first kappa shape index (κ1) is 13.9. The zero-order chi connectivity index (χ0) is 13.2. The standard InChI is InChI=1S/C13H18O3S/c1-5-17(16)12-9(4)11(13(14)15)7-6-10(12)8(2)3/h6-8H,5H2,1-4H3,(H,14,15)/t17-/m0/s1. The highest BCUT2D eigenvalue weighted by atomic mass is 32.2. The lowest BCUT2D eigenvalue weighted by Crippen LogP contribution is -2.09. The van der Waals surface area contributed by atoms with Crippen LogP contribution in [0.1, 0.15) is 48.2 Å². The van der Waals surface area contributed by atoms with Crippen molar-refractivity contribution in [2.45, 2.75) is 38.5 Å². The van der Waals surface area contributed by atoms with Gasteiger partial charge in [0, 0.05) is 10.6 Å². The number of carbonyl (C=O) groups is 1. The van der Waals surface area contributed by atoms with Crippen LogP contribution < -0.4 is 0 Å². The average Bonchev–Trinajstić information content (AvgIpc) is 2.26. The smallest absolute Gasteiger partial charge is 0.335 e. The Morgan fingerprint density at radius 1 is 1.41 bits per heavy atom. The summed E-state index contributed by atoms with van der Waals surface area (Å²) in [5.74, 6) is -0.224. The van der Waals surface area contributed by atoms with E-state index in [4.69, 9.17) is 5.11 Å². The number of hydrogen-bond acceptors (Lipinski definition) is 2. The summed E-state index contributed by atoms with van der Waals surface area (Å²) in [6.45, 7) is 7.61. The Bertz CT molecular complexity index is 464. The molecule has 1 N–H and O–H groups in total. The SMILES string of the molecule is CC[S@](=O)c1c(C(C)C)ccc(C(=O)O)c1C. The van der Waals surface area contributed by atoms with Gasteiger partial charge in [0.05, 0.1) is 16.4 Å². The molecule has 0 bridgehead atoms. The first-order chi connectivity index (χ1) is 7.90. The third kappa shape index (κ3) is 2.75. The molecule has 0 aliphatic heterocycles. The fourth-order valence-corrected chi connectivity index (χ4v) is 3.15. The second-order valence-electron chi connectivity index (χ2n) is 4.25. The second-order valence-corrected chi connectivity index (χ2v) is 5.93. The maximum atomic E-state index is 12.1. The van der Waals surface area contributed by atoms with Crippen LogP contribution in [0.3, 0.4) is 0 Å². The number of carboxylic acid groups (broad SMARTS) is 1. The van der Waals surface area contributed by atoms with E-state index in [1.165, 1.54) is 0 Å². The van der Waals surface area contributed by atoms with Crippen molar-refractivity contribution in [1.29, 1.82) is 0 Å². The highest BCUT2D eigenvalue weighted by Gasteiger charge is 2.19. The van der Waals surface area contributed by atoms with Crippen molar-refractivity contribution in [2.24, 2.45) is 0 Å². The van der Waals surface area contributed by atoms with Crippen molar-refractivity contribution >= 4 is 16.8 Å². The molecule has 0 fully saturated rings. The molecule has 3 nitrogen and oxygen atoms in total. The van der Waals surface area contributed by atoms with Crippen LogP contribution in [0.15, 0.2) is 17.0 Å². The Labute approximate surface area is 104 Å². The van der Waals surface area contributed by atoms with Crippen LogP contribution in [-0.2, 0) is 10.8 Å². The molecule has 0 radical (unpaired) electrons. The Hall–Kier alpha value is -1.16. The van der Waals surface area contributed by atoms with Crippen molar-refractivity contribution in [2.75, 3.05) is 5.75 Å². The van der Waals surface area contributed by atoms with E-state index in [1.54, 1.807) is 19.1 Å². The van der Waals surface area contributed by atoms with Crippen LogP contribution in [0.5, 0.6) is 0 Å². The fourth-order valence-electron chi connectivity index (χ4n) is 1.85. The lowest BCUT2D eigenvalue weighted by atomic mass is 9.98. The van der Waals surface area contributed by atoms with Crippen molar-refractivity contribution in [1.82, 2.24) is 0 Å². The summed E-state index contributed by atoms with van der Waals surface area (Å²) in [4.78, 5) is 11.8. The van der Waals surface area contributed by atoms with Gasteiger partial charge in [-0.15, -0.1) is 0 Å². The predicted octanol–water partition coefficient (Wildman–Crippen LogP) is 2.94. The van der Waals surface area contributed by atoms with Gasteiger partial charge in [0.2, 0.25) is 0 Å². The zero-order valence-corrected chi connectivity index (χ0v) is 11.4. The molecule has 0 saturated carbocycles. The molecule has 1 aromatic carbocycles. The first-order valence-corrected chi connectivity index (χ1v) is 6.97. The molecule has 94 valence electrons. The van der Waals surface area contributed by atoms with Gasteiger partial charge in [0.1, 0.15) is 0 Å². The van der Waals surface area contributed by atoms with E-state index in [1.807, 2.05) is 20.8 Å². The van der Waals surface area contributed by atoms with Crippen LogP contribution in [0, 0.1) is 6.92 Å². The summed E-state index contributed by atoms with van der Waals surface area (Å²) in [5.41, 5.74) is 1.85. The third-order valence-electron chi connectivity index (χ3n) is 2.78. The molecule has 0 unspecified atom stereocenters. The molecule has 0 aromatic heterocycles. The van der Waals surface area contributed by atoms with E-state index < -0.39 is 16.8 Å². The zero-order valence-electron chi connectivity index (χ0n) is 10.6. The van der Waals surface area contributed by atoms with Crippen molar-refractivity contribution < 1.29 is 14.1 Å². The molecule has 0 saturated heterocycles. The van der Waals surface area contributed by atoms with Crippen molar-refractivity contribution in [3.05, 3.63) is 28.8 Å². The largest absolute Gasteiger partial charge is 0.478 e. The third-order valence-corrected chi connectivity index (χ3v) is 4.30. The Kier molecular flexibility index (Phi) is 4.46. The Morgan fingerprint density at radius 2 is 2.00 bits per heavy atom. The highest BCUT2D eigenvalue weighted by Crippen LogP contribution is 2.28. The molecule has 0 spiro atoms. The van der Waals surface area contributed by atoms with E-state index in [2.05, 4.69) is 0 Å². The van der Waals surface area contributed by atoms with Crippen LogP contribution in [0.4, 0.5) is 0 Å². The molecule has 0 aliphatic rings. The van der Waals surface area contributed by atoms with E-state index in [0.717, 1.165) is 5.56 Å². The van der Waals surface area contributed by atoms with Gasteiger partial charge in [0.15, 0.2) is 0 Å². The van der Waals surface area contributed by atoms with E-state index >= 15 is 0 Å². The average molecular weight is 254 g/mol. The van der Waals surface area contributed by atoms with Gasteiger partial charge in [-0.25, -0.2) is 4.79 Å². The lowest BCUT2D eigenvalue weighted by Gasteiger charge is -2.16. The number of aromatic carboxylic acids is 1. The minimum atomic E-state index is -1.12. The van der Waals surface area contributed by atoms with Gasteiger partial charge >= 0.3 is 5.97 Å². The lowest BCUT2D eigenvalue weighted by molar-refractivity contribution is 0.0695. The van der Waals surface area contributed by atoms with Crippen LogP contribution in [0.2, 0.25) is 0 Å². The summed E-state index contributed by atoms with van der Waals surface area (Å²) in [5, 5.41) is 9.08. The van der Waals surface area contributed by atoms with Crippen molar-refractivity contribution in [3.63, 3.8) is 0 Å². The quantitative estimate of drug-likeness (QED) is 0.898. The van der Waals surface area contributed by atoms with Gasteiger partial charge in [0.25, 0.3) is 0 Å². The fraction of sp³-hybridized carbons (Fsp3) is 0.462. The van der Waals surface area contributed by atoms with E-state index in [-0.39, 0.29) is 11.5 Å². The highest BCUT2D eigenvalue weighted by molar-refractivity contribution is 7.85. The maximum Gasteiger partial charge on any atom is 0.335 e. The number of rotatable bonds is 4. The molecule has 4 heteroatoms. The van der Waals surface area contributed by atoms with Gasteiger partial charge in [-0.1, -0.05) is 26.8 Å².